The van der Waals surface area contributed by atoms with E-state index in [4.69, 9.17) is 16.3 Å². The molecule has 1 amide bonds. The monoisotopic (exact) mass is 334 g/mol. The number of aromatic nitrogens is 3. The number of carbonyl (C=O) groups excluding carboxylic acids is 1. The van der Waals surface area contributed by atoms with Crippen LogP contribution in [0.1, 0.15) is 23.2 Å². The van der Waals surface area contributed by atoms with Gasteiger partial charge in [0.1, 0.15) is 11.1 Å². The van der Waals surface area contributed by atoms with Crippen LogP contribution in [0.5, 0.6) is 5.88 Å². The summed E-state index contributed by atoms with van der Waals surface area (Å²) < 4.78 is 5.76. The van der Waals surface area contributed by atoms with Gasteiger partial charge in [0.05, 0.1) is 18.3 Å². The molecular weight excluding hydrogens is 320 g/mol. The van der Waals surface area contributed by atoms with E-state index < -0.39 is 5.56 Å². The highest BCUT2D eigenvalue weighted by molar-refractivity contribution is 6.30. The molecule has 120 valence electrons. The molecular formula is C15H15ClN4O3. The molecule has 23 heavy (non-hydrogen) atoms. The Morgan fingerprint density at radius 2 is 2.30 bits per heavy atom. The zero-order valence-corrected chi connectivity index (χ0v) is 13.0. The average Bonchev–Trinajstić information content (AvgIpc) is 2.58. The van der Waals surface area contributed by atoms with Gasteiger partial charge in [0.2, 0.25) is 5.88 Å². The van der Waals surface area contributed by atoms with Gasteiger partial charge in [-0.15, -0.1) is 0 Å². The van der Waals surface area contributed by atoms with E-state index in [9.17, 15) is 9.59 Å². The SMILES string of the molecule is O=C(c1c[nH]c(=O)c(Cl)c1)N1CCCC(Oc2cnccn2)C1. The third-order valence-electron chi connectivity index (χ3n) is 3.60. The van der Waals surface area contributed by atoms with E-state index in [0.717, 1.165) is 12.8 Å². The second-order valence-corrected chi connectivity index (χ2v) is 5.65. The molecule has 1 atom stereocenters. The Bertz CT molecular complexity index is 750. The maximum absolute atomic E-state index is 12.5. The molecule has 0 radical (unpaired) electrons. The zero-order chi connectivity index (χ0) is 16.2. The van der Waals surface area contributed by atoms with Crippen LogP contribution in [0, 0.1) is 0 Å². The summed E-state index contributed by atoms with van der Waals surface area (Å²) in [6.07, 6.45) is 7.59. The number of pyridine rings is 1. The van der Waals surface area contributed by atoms with E-state index in [0.29, 0.717) is 24.5 Å². The fourth-order valence-corrected chi connectivity index (χ4v) is 2.67. The molecule has 0 bridgehead atoms. The van der Waals surface area contributed by atoms with Crippen LogP contribution < -0.4 is 10.3 Å². The molecule has 3 rings (SSSR count). The first-order valence-electron chi connectivity index (χ1n) is 7.23. The third-order valence-corrected chi connectivity index (χ3v) is 3.88. The van der Waals surface area contributed by atoms with Gasteiger partial charge in [-0.1, -0.05) is 11.6 Å². The Hall–Kier alpha value is -2.41. The molecule has 1 aliphatic heterocycles. The predicted octanol–water partition coefficient (Wildman–Crippen LogP) is 1.50. The number of halogens is 1. The smallest absolute Gasteiger partial charge is 0.266 e. The highest BCUT2D eigenvalue weighted by Gasteiger charge is 2.26. The van der Waals surface area contributed by atoms with Crippen molar-refractivity contribution >= 4 is 17.5 Å². The number of amides is 1. The molecule has 1 saturated heterocycles. The number of nitrogens with one attached hydrogen (secondary N) is 1. The number of likely N-dealkylation sites (tertiary alicyclic amines) is 1. The van der Waals surface area contributed by atoms with Gasteiger partial charge in [-0.2, -0.15) is 0 Å². The van der Waals surface area contributed by atoms with E-state index in [1.54, 1.807) is 23.5 Å². The molecule has 0 spiro atoms. The van der Waals surface area contributed by atoms with E-state index in [1.807, 2.05) is 0 Å². The maximum Gasteiger partial charge on any atom is 0.266 e. The average molecular weight is 335 g/mol. The molecule has 0 aromatic carbocycles. The summed E-state index contributed by atoms with van der Waals surface area (Å²) in [7, 11) is 0. The number of piperidine rings is 1. The number of rotatable bonds is 3. The van der Waals surface area contributed by atoms with E-state index in [1.165, 1.54) is 12.3 Å². The van der Waals surface area contributed by atoms with Gasteiger partial charge in [0, 0.05) is 25.1 Å². The lowest BCUT2D eigenvalue weighted by molar-refractivity contribution is 0.0526. The lowest BCUT2D eigenvalue weighted by Crippen LogP contribution is -2.44. The lowest BCUT2D eigenvalue weighted by atomic mass is 10.1. The van der Waals surface area contributed by atoms with Crippen LogP contribution in [0.2, 0.25) is 5.02 Å². The summed E-state index contributed by atoms with van der Waals surface area (Å²) in [5.41, 5.74) is -0.0551. The van der Waals surface area contributed by atoms with Gasteiger partial charge in [-0.25, -0.2) is 4.98 Å². The minimum atomic E-state index is -0.411. The second kappa shape index (κ2) is 6.78. The van der Waals surface area contributed by atoms with Crippen molar-refractivity contribution in [2.24, 2.45) is 0 Å². The molecule has 0 saturated carbocycles. The van der Waals surface area contributed by atoms with Crippen LogP contribution in [0.15, 0.2) is 35.6 Å². The number of nitrogens with zero attached hydrogens (tertiary/aromatic N) is 3. The van der Waals surface area contributed by atoms with Gasteiger partial charge < -0.3 is 14.6 Å². The number of H-pyrrole nitrogens is 1. The summed E-state index contributed by atoms with van der Waals surface area (Å²) in [6, 6.07) is 1.38. The molecule has 0 aliphatic carbocycles. The van der Waals surface area contributed by atoms with Crippen LogP contribution in [-0.4, -0.2) is 45.0 Å². The number of carbonyl (C=O) groups is 1. The molecule has 8 heteroatoms. The molecule has 1 fully saturated rings. The van der Waals surface area contributed by atoms with Crippen LogP contribution >= 0.6 is 11.6 Å². The first kappa shape index (κ1) is 15.5. The van der Waals surface area contributed by atoms with Crippen LogP contribution in [0.3, 0.4) is 0 Å². The third kappa shape index (κ3) is 3.68. The summed E-state index contributed by atoms with van der Waals surface area (Å²) in [5.74, 6) is 0.259. The minimum absolute atomic E-state index is 0.000203. The molecule has 7 nitrogen and oxygen atoms in total. The first-order chi connectivity index (χ1) is 11.1. The molecule has 1 aliphatic rings. The van der Waals surface area contributed by atoms with Crippen molar-refractivity contribution in [1.29, 1.82) is 0 Å². The normalized spacial score (nSPS) is 17.8. The summed E-state index contributed by atoms with van der Waals surface area (Å²) in [4.78, 5) is 36.0. The van der Waals surface area contributed by atoms with Crippen molar-refractivity contribution < 1.29 is 9.53 Å². The largest absolute Gasteiger partial charge is 0.471 e. The Balaban J connectivity index is 1.69. The van der Waals surface area contributed by atoms with Gasteiger partial charge >= 0.3 is 0 Å². The highest BCUT2D eigenvalue weighted by atomic mass is 35.5. The number of hydrogen-bond acceptors (Lipinski definition) is 5. The fourth-order valence-electron chi connectivity index (χ4n) is 2.50. The van der Waals surface area contributed by atoms with Crippen molar-refractivity contribution in [2.75, 3.05) is 13.1 Å². The van der Waals surface area contributed by atoms with Crippen molar-refractivity contribution in [3.63, 3.8) is 0 Å². The summed E-state index contributed by atoms with van der Waals surface area (Å²) >= 11 is 5.78. The lowest BCUT2D eigenvalue weighted by Gasteiger charge is -2.32. The van der Waals surface area contributed by atoms with Crippen molar-refractivity contribution in [3.8, 4) is 5.88 Å². The van der Waals surface area contributed by atoms with Crippen molar-refractivity contribution in [2.45, 2.75) is 18.9 Å². The Labute approximate surface area is 137 Å². The topological polar surface area (TPSA) is 88.2 Å². The molecule has 2 aromatic heterocycles. The molecule has 1 unspecified atom stereocenters. The fraction of sp³-hybridized carbons (Fsp3) is 0.333. The summed E-state index contributed by atoms with van der Waals surface area (Å²) in [5, 5.41) is 0.000203. The number of aromatic amines is 1. The van der Waals surface area contributed by atoms with E-state index >= 15 is 0 Å². The predicted molar refractivity (Wildman–Crippen MR) is 83.7 cm³/mol. The second-order valence-electron chi connectivity index (χ2n) is 5.24. The molecule has 3 heterocycles. The minimum Gasteiger partial charge on any atom is -0.471 e. The standard InChI is InChI=1S/C15H15ClN4O3/c16-12-6-10(7-19-14(12)21)15(22)20-5-1-2-11(9-20)23-13-8-17-3-4-18-13/h3-4,6-8,11H,1-2,5,9H2,(H,19,21). The van der Waals surface area contributed by atoms with Crippen molar-refractivity contribution in [3.05, 3.63) is 51.8 Å². The van der Waals surface area contributed by atoms with Gasteiger partial charge in [0.25, 0.3) is 11.5 Å². The summed E-state index contributed by atoms with van der Waals surface area (Å²) in [6.45, 7) is 1.09. The Morgan fingerprint density at radius 1 is 1.43 bits per heavy atom. The van der Waals surface area contributed by atoms with Crippen LogP contribution in [0.25, 0.3) is 0 Å². The van der Waals surface area contributed by atoms with Gasteiger partial charge in [0.15, 0.2) is 0 Å². The maximum atomic E-state index is 12.5. The zero-order valence-electron chi connectivity index (χ0n) is 12.2. The Morgan fingerprint density at radius 3 is 3.04 bits per heavy atom. The number of hydrogen-bond donors (Lipinski definition) is 1. The quantitative estimate of drug-likeness (QED) is 0.919. The highest BCUT2D eigenvalue weighted by Crippen LogP contribution is 2.18. The van der Waals surface area contributed by atoms with Crippen molar-refractivity contribution in [1.82, 2.24) is 19.9 Å². The van der Waals surface area contributed by atoms with Crippen LogP contribution in [-0.2, 0) is 0 Å². The van der Waals surface area contributed by atoms with Gasteiger partial charge in [-0.05, 0) is 18.9 Å². The molecule has 1 N–H and O–H groups in total. The van der Waals surface area contributed by atoms with Gasteiger partial charge in [-0.3, -0.25) is 14.6 Å². The number of ether oxygens (including phenoxy) is 1. The Kier molecular flexibility index (Phi) is 4.57. The van der Waals surface area contributed by atoms with Crippen LogP contribution in [0.4, 0.5) is 0 Å². The first-order valence-corrected chi connectivity index (χ1v) is 7.61. The van der Waals surface area contributed by atoms with E-state index in [2.05, 4.69) is 15.0 Å². The van der Waals surface area contributed by atoms with E-state index in [-0.39, 0.29) is 17.0 Å². The molecule has 2 aromatic rings.